The van der Waals surface area contributed by atoms with Crippen LogP contribution >= 0.6 is 0 Å². The molecule has 0 bridgehead atoms. The normalized spacial score (nSPS) is 18.4. The van der Waals surface area contributed by atoms with Crippen LogP contribution in [-0.2, 0) is 10.3 Å². The van der Waals surface area contributed by atoms with Crippen molar-refractivity contribution < 1.29 is 14.2 Å². The molecule has 24 heavy (non-hydrogen) atoms. The molecule has 1 aliphatic rings. The van der Waals surface area contributed by atoms with Gasteiger partial charge in [-0.05, 0) is 25.0 Å². The van der Waals surface area contributed by atoms with Gasteiger partial charge in [-0.2, -0.15) is 0 Å². The minimum Gasteiger partial charge on any atom is -0.493 e. The second-order valence-corrected chi connectivity index (χ2v) is 5.97. The lowest BCUT2D eigenvalue weighted by atomic mass is 9.85. The van der Waals surface area contributed by atoms with E-state index in [1.54, 1.807) is 14.2 Å². The zero-order valence-electron chi connectivity index (χ0n) is 14.8. The fraction of sp³-hybridized carbons (Fsp3) is 0.400. The summed E-state index contributed by atoms with van der Waals surface area (Å²) in [5, 5.41) is 3.50. The average Bonchev–Trinajstić information content (AvgIpc) is 2.66. The highest BCUT2D eigenvalue weighted by Gasteiger charge is 2.40. The molecule has 1 N–H and O–H groups in total. The van der Waals surface area contributed by atoms with Crippen LogP contribution in [0.1, 0.15) is 44.0 Å². The molecule has 1 aliphatic heterocycles. The number of ether oxygens (including phenoxy) is 3. The molecule has 0 fully saturated rings. The third-order valence-electron chi connectivity index (χ3n) is 4.91. The van der Waals surface area contributed by atoms with E-state index in [9.17, 15) is 0 Å². The van der Waals surface area contributed by atoms with Crippen molar-refractivity contribution in [3.8, 4) is 11.5 Å². The van der Waals surface area contributed by atoms with Crippen molar-refractivity contribution in [1.29, 1.82) is 0 Å². The van der Waals surface area contributed by atoms with E-state index in [-0.39, 0.29) is 11.8 Å². The molecule has 2 aromatic rings. The minimum absolute atomic E-state index is 0.287. The monoisotopic (exact) mass is 327 g/mol. The van der Waals surface area contributed by atoms with E-state index in [0.717, 1.165) is 24.1 Å². The summed E-state index contributed by atoms with van der Waals surface area (Å²) in [4.78, 5) is 0. The number of methoxy groups -OCH3 is 2. The van der Waals surface area contributed by atoms with Crippen LogP contribution in [0.15, 0.2) is 42.5 Å². The Bertz CT molecular complexity index is 710. The molecule has 0 spiro atoms. The third-order valence-corrected chi connectivity index (χ3v) is 4.91. The predicted molar refractivity (Wildman–Crippen MR) is 95.7 cm³/mol. The maximum atomic E-state index is 6.58. The van der Waals surface area contributed by atoms with Crippen molar-refractivity contribution >= 4 is 5.69 Å². The SMILES string of the molecule is CCC1(CC)OC(c2cccc(OC)c2OC)Nc2ccccc21. The van der Waals surface area contributed by atoms with Crippen LogP contribution < -0.4 is 14.8 Å². The molecule has 3 rings (SSSR count). The van der Waals surface area contributed by atoms with E-state index in [4.69, 9.17) is 14.2 Å². The quantitative estimate of drug-likeness (QED) is 0.851. The number of nitrogens with one attached hydrogen (secondary N) is 1. The predicted octanol–water partition coefficient (Wildman–Crippen LogP) is 4.86. The smallest absolute Gasteiger partial charge is 0.168 e. The fourth-order valence-electron chi connectivity index (χ4n) is 3.52. The summed E-state index contributed by atoms with van der Waals surface area (Å²) in [6, 6.07) is 14.2. The first kappa shape index (κ1) is 16.7. The number of hydrogen-bond acceptors (Lipinski definition) is 4. The first-order valence-corrected chi connectivity index (χ1v) is 8.43. The number of rotatable bonds is 5. The Labute approximate surface area is 143 Å². The average molecular weight is 327 g/mol. The second kappa shape index (κ2) is 6.73. The van der Waals surface area contributed by atoms with Crippen LogP contribution in [0, 0.1) is 0 Å². The van der Waals surface area contributed by atoms with Crippen LogP contribution in [0.3, 0.4) is 0 Å². The lowest BCUT2D eigenvalue weighted by Crippen LogP contribution is -2.38. The Balaban J connectivity index is 2.09. The first-order chi connectivity index (χ1) is 11.7. The van der Waals surface area contributed by atoms with E-state index in [0.29, 0.717) is 11.5 Å². The number of benzene rings is 2. The minimum atomic E-state index is -0.305. The largest absolute Gasteiger partial charge is 0.493 e. The Kier molecular flexibility index (Phi) is 4.67. The molecule has 1 atom stereocenters. The molecule has 0 aromatic heterocycles. The Hall–Kier alpha value is -2.20. The van der Waals surface area contributed by atoms with Crippen LogP contribution in [0.5, 0.6) is 11.5 Å². The standard InChI is InChI=1S/C20H25NO3/c1-5-20(6-2)15-11-7-8-12-16(15)21-19(24-20)14-10-9-13-17(22-3)18(14)23-4/h7-13,19,21H,5-6H2,1-4H3. The van der Waals surface area contributed by atoms with Gasteiger partial charge < -0.3 is 19.5 Å². The summed E-state index contributed by atoms with van der Waals surface area (Å²) < 4.78 is 17.6. The van der Waals surface area contributed by atoms with Gasteiger partial charge in [-0.25, -0.2) is 0 Å². The van der Waals surface area contributed by atoms with Crippen LogP contribution in [0.25, 0.3) is 0 Å². The molecule has 0 aliphatic carbocycles. The van der Waals surface area contributed by atoms with Crippen molar-refractivity contribution in [3.05, 3.63) is 53.6 Å². The van der Waals surface area contributed by atoms with E-state index in [1.165, 1.54) is 5.56 Å². The lowest BCUT2D eigenvalue weighted by molar-refractivity contribution is -0.104. The van der Waals surface area contributed by atoms with E-state index < -0.39 is 0 Å². The Morgan fingerprint density at radius 3 is 2.42 bits per heavy atom. The van der Waals surface area contributed by atoms with Crippen molar-refractivity contribution in [3.63, 3.8) is 0 Å². The summed E-state index contributed by atoms with van der Waals surface area (Å²) in [6.07, 6.45) is 1.53. The zero-order valence-corrected chi connectivity index (χ0v) is 14.8. The molecule has 0 radical (unpaired) electrons. The maximum absolute atomic E-state index is 6.58. The van der Waals surface area contributed by atoms with Crippen molar-refractivity contribution in [1.82, 2.24) is 0 Å². The summed E-state index contributed by atoms with van der Waals surface area (Å²) in [5.41, 5.74) is 2.97. The number of fused-ring (bicyclic) bond motifs is 1. The number of anilines is 1. The van der Waals surface area contributed by atoms with E-state index in [1.807, 2.05) is 24.3 Å². The van der Waals surface area contributed by atoms with Crippen LogP contribution in [0.2, 0.25) is 0 Å². The molecule has 4 heteroatoms. The topological polar surface area (TPSA) is 39.7 Å². The second-order valence-electron chi connectivity index (χ2n) is 5.97. The van der Waals surface area contributed by atoms with Crippen LogP contribution in [0.4, 0.5) is 5.69 Å². The van der Waals surface area contributed by atoms with Crippen LogP contribution in [-0.4, -0.2) is 14.2 Å². The van der Waals surface area contributed by atoms with Gasteiger partial charge in [0.05, 0.1) is 19.8 Å². The van der Waals surface area contributed by atoms with Crippen molar-refractivity contribution in [2.45, 2.75) is 38.5 Å². The maximum Gasteiger partial charge on any atom is 0.168 e. The third kappa shape index (κ3) is 2.61. The zero-order chi connectivity index (χ0) is 17.2. The molecular formula is C20H25NO3. The molecule has 0 amide bonds. The molecule has 4 nitrogen and oxygen atoms in total. The van der Waals surface area contributed by atoms with Gasteiger partial charge >= 0.3 is 0 Å². The first-order valence-electron chi connectivity index (χ1n) is 8.43. The Morgan fingerprint density at radius 2 is 1.75 bits per heavy atom. The summed E-state index contributed by atoms with van der Waals surface area (Å²) in [5.74, 6) is 1.41. The van der Waals surface area contributed by atoms with Gasteiger partial charge in [0, 0.05) is 16.8 Å². The van der Waals surface area contributed by atoms with Gasteiger partial charge in [0.25, 0.3) is 0 Å². The highest BCUT2D eigenvalue weighted by Crippen LogP contribution is 2.48. The van der Waals surface area contributed by atoms with Gasteiger partial charge in [0.1, 0.15) is 0 Å². The molecule has 0 saturated heterocycles. The highest BCUT2D eigenvalue weighted by atomic mass is 16.5. The van der Waals surface area contributed by atoms with Crippen molar-refractivity contribution in [2.24, 2.45) is 0 Å². The Morgan fingerprint density at radius 1 is 1.00 bits per heavy atom. The summed E-state index contributed by atoms with van der Waals surface area (Å²) in [6.45, 7) is 4.34. The van der Waals surface area contributed by atoms with Gasteiger partial charge in [0.15, 0.2) is 17.7 Å². The summed E-state index contributed by atoms with van der Waals surface area (Å²) >= 11 is 0. The number of para-hydroxylation sites is 2. The number of hydrogen-bond donors (Lipinski definition) is 1. The van der Waals surface area contributed by atoms with Gasteiger partial charge in [-0.3, -0.25) is 0 Å². The molecule has 128 valence electrons. The fourth-order valence-corrected chi connectivity index (χ4v) is 3.52. The van der Waals surface area contributed by atoms with Gasteiger partial charge in [-0.1, -0.05) is 44.2 Å². The molecular weight excluding hydrogens is 302 g/mol. The molecule has 1 heterocycles. The molecule has 0 saturated carbocycles. The molecule has 1 unspecified atom stereocenters. The lowest BCUT2D eigenvalue weighted by Gasteiger charge is -2.43. The highest BCUT2D eigenvalue weighted by molar-refractivity contribution is 5.58. The van der Waals surface area contributed by atoms with E-state index in [2.05, 4.69) is 37.4 Å². The summed E-state index contributed by atoms with van der Waals surface area (Å²) in [7, 11) is 3.31. The van der Waals surface area contributed by atoms with Gasteiger partial charge in [-0.15, -0.1) is 0 Å². The van der Waals surface area contributed by atoms with Gasteiger partial charge in [0.2, 0.25) is 0 Å². The van der Waals surface area contributed by atoms with Crippen molar-refractivity contribution in [2.75, 3.05) is 19.5 Å². The molecule has 2 aromatic carbocycles. The van der Waals surface area contributed by atoms with E-state index >= 15 is 0 Å².